The van der Waals surface area contributed by atoms with Crippen LogP contribution in [0.25, 0.3) is 0 Å². The lowest BCUT2D eigenvalue weighted by Gasteiger charge is -2.26. The average Bonchev–Trinajstić information content (AvgIpc) is 2.61. The molecule has 4 nitrogen and oxygen atoms in total. The third-order valence-corrected chi connectivity index (χ3v) is 3.74. The van der Waals surface area contributed by atoms with E-state index in [0.29, 0.717) is 24.6 Å². The molecule has 0 radical (unpaired) electrons. The van der Waals surface area contributed by atoms with Gasteiger partial charge in [0.15, 0.2) is 0 Å². The molecule has 0 saturated heterocycles. The Balaban J connectivity index is 2.19. The van der Waals surface area contributed by atoms with E-state index in [9.17, 15) is 4.79 Å². The van der Waals surface area contributed by atoms with E-state index in [4.69, 9.17) is 16.3 Å². The van der Waals surface area contributed by atoms with E-state index >= 15 is 0 Å². The standard InChI is InChI=1S/C19H21ClN2O2/c1-3-4-13-24-15(2)19(23)22(14-17-7-5-6-12-21-17)18-10-8-16(20)9-11-18/h3,5-12,15H,1,4,13-14H2,2H3. The molecule has 0 aliphatic rings. The van der Waals surface area contributed by atoms with E-state index in [1.54, 1.807) is 36.2 Å². The van der Waals surface area contributed by atoms with Crippen LogP contribution in [0.4, 0.5) is 5.69 Å². The first-order valence-electron chi connectivity index (χ1n) is 7.81. The number of carbonyl (C=O) groups is 1. The molecule has 1 amide bonds. The Morgan fingerprint density at radius 1 is 1.33 bits per heavy atom. The highest BCUT2D eigenvalue weighted by Crippen LogP contribution is 2.21. The molecular weight excluding hydrogens is 324 g/mol. The van der Waals surface area contributed by atoms with Gasteiger partial charge in [-0.05, 0) is 49.7 Å². The van der Waals surface area contributed by atoms with Gasteiger partial charge < -0.3 is 9.64 Å². The number of aromatic nitrogens is 1. The fraction of sp³-hybridized carbons (Fsp3) is 0.263. The smallest absolute Gasteiger partial charge is 0.256 e. The van der Waals surface area contributed by atoms with Crippen molar-refractivity contribution in [1.29, 1.82) is 0 Å². The highest BCUT2D eigenvalue weighted by atomic mass is 35.5. The van der Waals surface area contributed by atoms with Crippen molar-refractivity contribution in [2.45, 2.75) is 26.0 Å². The molecule has 0 aliphatic heterocycles. The molecule has 0 spiro atoms. The monoisotopic (exact) mass is 344 g/mol. The molecule has 0 N–H and O–H groups in total. The lowest BCUT2D eigenvalue weighted by molar-refractivity contribution is -0.129. The lowest BCUT2D eigenvalue weighted by Crippen LogP contribution is -2.39. The van der Waals surface area contributed by atoms with Crippen LogP contribution in [-0.4, -0.2) is 23.6 Å². The Hall–Kier alpha value is -2.17. The molecule has 1 aromatic heterocycles. The Bertz CT molecular complexity index is 659. The third-order valence-electron chi connectivity index (χ3n) is 3.49. The summed E-state index contributed by atoms with van der Waals surface area (Å²) in [7, 11) is 0. The maximum absolute atomic E-state index is 12.8. The van der Waals surface area contributed by atoms with Crippen LogP contribution in [0.2, 0.25) is 5.02 Å². The van der Waals surface area contributed by atoms with E-state index in [-0.39, 0.29) is 5.91 Å². The SMILES string of the molecule is C=CCCOC(C)C(=O)N(Cc1ccccn1)c1ccc(Cl)cc1. The summed E-state index contributed by atoms with van der Waals surface area (Å²) in [5.74, 6) is -0.118. The van der Waals surface area contributed by atoms with Gasteiger partial charge in [-0.1, -0.05) is 23.7 Å². The summed E-state index contributed by atoms with van der Waals surface area (Å²) >= 11 is 5.95. The number of rotatable bonds is 8. The molecule has 2 rings (SSSR count). The summed E-state index contributed by atoms with van der Waals surface area (Å²) in [5.41, 5.74) is 1.56. The van der Waals surface area contributed by atoms with Crippen LogP contribution in [0.3, 0.4) is 0 Å². The summed E-state index contributed by atoms with van der Waals surface area (Å²) in [6.07, 6.45) is 3.63. The fourth-order valence-electron chi connectivity index (χ4n) is 2.19. The Labute approximate surface area is 147 Å². The molecule has 0 fully saturated rings. The number of nitrogens with zero attached hydrogens (tertiary/aromatic N) is 2. The van der Waals surface area contributed by atoms with Gasteiger partial charge in [0.05, 0.1) is 18.8 Å². The highest BCUT2D eigenvalue weighted by molar-refractivity contribution is 6.30. The van der Waals surface area contributed by atoms with Crippen molar-refractivity contribution in [2.75, 3.05) is 11.5 Å². The second-order valence-electron chi connectivity index (χ2n) is 5.31. The summed E-state index contributed by atoms with van der Waals surface area (Å²) in [4.78, 5) is 18.8. The van der Waals surface area contributed by atoms with Crippen LogP contribution in [-0.2, 0) is 16.1 Å². The maximum Gasteiger partial charge on any atom is 0.256 e. The second-order valence-corrected chi connectivity index (χ2v) is 5.75. The van der Waals surface area contributed by atoms with Crippen molar-refractivity contribution in [2.24, 2.45) is 0 Å². The van der Waals surface area contributed by atoms with Gasteiger partial charge in [0.2, 0.25) is 0 Å². The minimum atomic E-state index is -0.552. The van der Waals surface area contributed by atoms with Crippen LogP contribution in [0, 0.1) is 0 Å². The minimum absolute atomic E-state index is 0.118. The van der Waals surface area contributed by atoms with Crippen LogP contribution >= 0.6 is 11.6 Å². The van der Waals surface area contributed by atoms with Gasteiger partial charge in [-0.2, -0.15) is 0 Å². The van der Waals surface area contributed by atoms with E-state index in [2.05, 4.69) is 11.6 Å². The van der Waals surface area contributed by atoms with Gasteiger partial charge in [0.25, 0.3) is 5.91 Å². The zero-order chi connectivity index (χ0) is 17.4. The number of carbonyl (C=O) groups excluding carboxylic acids is 1. The summed E-state index contributed by atoms with van der Waals surface area (Å²) in [6.45, 7) is 6.25. The number of anilines is 1. The summed E-state index contributed by atoms with van der Waals surface area (Å²) in [5, 5.41) is 0.624. The van der Waals surface area contributed by atoms with Gasteiger partial charge in [0, 0.05) is 16.9 Å². The topological polar surface area (TPSA) is 42.4 Å². The third kappa shape index (κ3) is 5.18. The van der Waals surface area contributed by atoms with Crippen LogP contribution in [0.15, 0.2) is 61.3 Å². The number of hydrogen-bond donors (Lipinski definition) is 0. The van der Waals surface area contributed by atoms with Crippen molar-refractivity contribution in [3.8, 4) is 0 Å². The maximum atomic E-state index is 12.8. The molecule has 0 bridgehead atoms. The van der Waals surface area contributed by atoms with Crippen molar-refractivity contribution in [3.63, 3.8) is 0 Å². The normalized spacial score (nSPS) is 11.8. The molecule has 5 heteroatoms. The molecule has 1 heterocycles. The first-order chi connectivity index (χ1) is 11.6. The number of pyridine rings is 1. The van der Waals surface area contributed by atoms with Crippen LogP contribution in [0.5, 0.6) is 0 Å². The van der Waals surface area contributed by atoms with Gasteiger partial charge >= 0.3 is 0 Å². The van der Waals surface area contributed by atoms with Gasteiger partial charge in [-0.15, -0.1) is 6.58 Å². The van der Waals surface area contributed by atoms with Crippen LogP contribution < -0.4 is 4.90 Å². The van der Waals surface area contributed by atoms with Crippen molar-refractivity contribution >= 4 is 23.2 Å². The minimum Gasteiger partial charge on any atom is -0.368 e. The summed E-state index contributed by atoms with van der Waals surface area (Å²) < 4.78 is 5.60. The van der Waals surface area contributed by atoms with Crippen molar-refractivity contribution in [1.82, 2.24) is 4.98 Å². The van der Waals surface area contributed by atoms with Gasteiger partial charge in [0.1, 0.15) is 6.10 Å². The first kappa shape index (κ1) is 18.2. The van der Waals surface area contributed by atoms with Crippen molar-refractivity contribution in [3.05, 3.63) is 72.0 Å². The molecule has 1 unspecified atom stereocenters. The molecule has 0 saturated carbocycles. The molecule has 24 heavy (non-hydrogen) atoms. The number of amides is 1. The number of benzene rings is 1. The predicted molar refractivity (Wildman–Crippen MR) is 97.1 cm³/mol. The highest BCUT2D eigenvalue weighted by Gasteiger charge is 2.23. The lowest BCUT2D eigenvalue weighted by atomic mass is 10.2. The quantitative estimate of drug-likeness (QED) is 0.531. The molecule has 1 atom stereocenters. The average molecular weight is 345 g/mol. The zero-order valence-corrected chi connectivity index (χ0v) is 14.4. The molecule has 2 aromatic rings. The largest absolute Gasteiger partial charge is 0.368 e. The Kier molecular flexibility index (Phi) is 6.97. The summed E-state index contributed by atoms with van der Waals surface area (Å²) in [6, 6.07) is 12.8. The molecule has 126 valence electrons. The van der Waals surface area contributed by atoms with Gasteiger partial charge in [-0.25, -0.2) is 0 Å². The Morgan fingerprint density at radius 2 is 2.08 bits per heavy atom. The first-order valence-corrected chi connectivity index (χ1v) is 8.19. The molecular formula is C19H21ClN2O2. The molecule has 0 aliphatic carbocycles. The van der Waals surface area contributed by atoms with Crippen molar-refractivity contribution < 1.29 is 9.53 Å². The Morgan fingerprint density at radius 3 is 2.71 bits per heavy atom. The number of halogens is 1. The van der Waals surface area contributed by atoms with E-state index in [1.165, 1.54) is 0 Å². The van der Waals surface area contributed by atoms with E-state index in [1.807, 2.05) is 30.3 Å². The number of hydrogen-bond acceptors (Lipinski definition) is 3. The number of ether oxygens (including phenoxy) is 1. The van der Waals surface area contributed by atoms with E-state index in [0.717, 1.165) is 11.4 Å². The van der Waals surface area contributed by atoms with E-state index < -0.39 is 6.10 Å². The fourth-order valence-corrected chi connectivity index (χ4v) is 2.32. The molecule has 1 aromatic carbocycles. The second kappa shape index (κ2) is 9.21. The van der Waals surface area contributed by atoms with Crippen LogP contribution in [0.1, 0.15) is 19.0 Å². The zero-order valence-electron chi connectivity index (χ0n) is 13.7. The van der Waals surface area contributed by atoms with Gasteiger partial charge in [-0.3, -0.25) is 9.78 Å². The predicted octanol–water partition coefficient (Wildman–Crippen LogP) is 4.25.